The number of pyridine rings is 2. The smallest absolute Gasteiger partial charge is 0.311 e. The van der Waals surface area contributed by atoms with Crippen LogP contribution in [0.5, 0.6) is 40.2 Å². The Hall–Kier alpha value is -6.22. The third-order valence-electron chi connectivity index (χ3n) is 11.9. The third kappa shape index (κ3) is 21.2. The Labute approximate surface area is 418 Å². The monoisotopic (exact) mass is 953 g/mol. The zero-order valence-electron chi connectivity index (χ0n) is 42.4. The van der Waals surface area contributed by atoms with Crippen LogP contribution in [0.4, 0.5) is 4.39 Å². The summed E-state index contributed by atoms with van der Waals surface area (Å²) >= 11 is 0. The van der Waals surface area contributed by atoms with Crippen molar-refractivity contribution in [3.8, 4) is 62.8 Å². The predicted molar refractivity (Wildman–Crippen MR) is 283 cm³/mol. The SMILES string of the molecule is CCCCCCCCCCC(F)COc1ccc(Oc2ccc(-c3ccc(CC)cn3)cc2)cc1.CCCCCCCOc1ccc(-c2ccc(Oc3ccc(OC(=O)CCCCC)cc3)cc2)nc1. The van der Waals surface area contributed by atoms with E-state index in [1.54, 1.807) is 30.5 Å². The molecule has 2 heterocycles. The van der Waals surface area contributed by atoms with Crippen LogP contribution in [0.2, 0.25) is 0 Å². The molecule has 0 spiro atoms. The number of benzene rings is 4. The second-order valence-electron chi connectivity index (χ2n) is 17.8. The van der Waals surface area contributed by atoms with Gasteiger partial charge in [0.2, 0.25) is 0 Å². The number of nitrogens with zero attached hydrogens (tertiary/aromatic N) is 2. The summed E-state index contributed by atoms with van der Waals surface area (Å²) in [6.45, 7) is 9.53. The average Bonchev–Trinajstić information content (AvgIpc) is 3.39. The first-order chi connectivity index (χ1) is 34.3. The molecule has 6 rings (SSSR count). The molecule has 0 amide bonds. The molecule has 0 N–H and O–H groups in total. The number of halogens is 1. The first-order valence-electron chi connectivity index (χ1n) is 26.1. The first kappa shape index (κ1) is 54.7. The van der Waals surface area contributed by atoms with Crippen LogP contribution in [0, 0.1) is 0 Å². The molecular weight excluding hydrogens is 876 g/mol. The quantitative estimate of drug-likeness (QED) is 0.0242. The van der Waals surface area contributed by atoms with Crippen LogP contribution in [0.1, 0.15) is 149 Å². The van der Waals surface area contributed by atoms with Crippen molar-refractivity contribution in [3.63, 3.8) is 0 Å². The highest BCUT2D eigenvalue weighted by Crippen LogP contribution is 2.29. The summed E-state index contributed by atoms with van der Waals surface area (Å²) in [5.41, 5.74) is 5.12. The van der Waals surface area contributed by atoms with Crippen molar-refractivity contribution in [2.24, 2.45) is 0 Å². The number of alkyl halides is 1. The fourth-order valence-corrected chi connectivity index (χ4v) is 7.65. The molecule has 9 heteroatoms. The molecule has 0 aliphatic rings. The molecule has 70 heavy (non-hydrogen) atoms. The van der Waals surface area contributed by atoms with Gasteiger partial charge < -0.3 is 23.7 Å². The molecule has 2 aromatic heterocycles. The molecule has 374 valence electrons. The van der Waals surface area contributed by atoms with E-state index in [0.29, 0.717) is 35.8 Å². The van der Waals surface area contributed by atoms with Gasteiger partial charge >= 0.3 is 5.97 Å². The summed E-state index contributed by atoms with van der Waals surface area (Å²) in [7, 11) is 0. The number of hydrogen-bond donors (Lipinski definition) is 0. The zero-order chi connectivity index (χ0) is 49.4. The Morgan fingerprint density at radius 2 is 0.900 bits per heavy atom. The Morgan fingerprint density at radius 3 is 1.40 bits per heavy atom. The van der Waals surface area contributed by atoms with E-state index in [1.165, 1.54) is 69.8 Å². The maximum Gasteiger partial charge on any atom is 0.311 e. The van der Waals surface area contributed by atoms with E-state index in [2.05, 4.69) is 43.7 Å². The summed E-state index contributed by atoms with van der Waals surface area (Å²) in [4.78, 5) is 20.9. The van der Waals surface area contributed by atoms with Crippen molar-refractivity contribution >= 4 is 5.97 Å². The summed E-state index contributed by atoms with van der Waals surface area (Å²) in [5.74, 6) is 4.67. The second-order valence-corrected chi connectivity index (χ2v) is 17.8. The summed E-state index contributed by atoms with van der Waals surface area (Å²) < 4.78 is 42.9. The normalized spacial score (nSPS) is 11.3. The standard InChI is InChI=1S/C31H40FNO2.C30H37NO4/c1-3-5-6-7-8-9-10-11-12-27(32)24-34-28-18-20-30(21-19-28)35-29-16-14-26(15-17-29)31-22-13-25(4-2)23-33-31;1-3-5-7-8-10-22-33-28-20-21-29(31-23-28)24-12-14-25(15-13-24)34-26-16-18-27(19-17-26)35-30(32)11-9-6-4-2/h13-23,27H,3-12,24H2,1-2H3;12-21,23H,3-11,22H2,1-2H3. The predicted octanol–water partition coefficient (Wildman–Crippen LogP) is 17.7. The minimum atomic E-state index is -0.919. The lowest BCUT2D eigenvalue weighted by atomic mass is 10.1. The Morgan fingerprint density at radius 1 is 0.457 bits per heavy atom. The molecule has 0 saturated carbocycles. The minimum Gasteiger partial charge on any atom is -0.492 e. The van der Waals surface area contributed by atoms with Gasteiger partial charge in [-0.2, -0.15) is 0 Å². The maximum absolute atomic E-state index is 14.2. The second kappa shape index (κ2) is 32.6. The van der Waals surface area contributed by atoms with Crippen LogP contribution in [0.3, 0.4) is 0 Å². The lowest BCUT2D eigenvalue weighted by Gasteiger charge is -2.11. The van der Waals surface area contributed by atoms with Crippen LogP contribution in [0.15, 0.2) is 134 Å². The topological polar surface area (TPSA) is 89.0 Å². The number of aromatic nitrogens is 2. The van der Waals surface area contributed by atoms with Gasteiger partial charge in [-0.3, -0.25) is 14.8 Å². The number of carbonyl (C=O) groups is 1. The number of hydrogen-bond acceptors (Lipinski definition) is 8. The van der Waals surface area contributed by atoms with E-state index in [4.69, 9.17) is 23.7 Å². The summed E-state index contributed by atoms with van der Waals surface area (Å²) in [5, 5.41) is 0. The number of carbonyl (C=O) groups excluding carboxylic acids is 1. The molecule has 8 nitrogen and oxygen atoms in total. The lowest BCUT2D eigenvalue weighted by molar-refractivity contribution is -0.134. The highest BCUT2D eigenvalue weighted by molar-refractivity contribution is 5.72. The van der Waals surface area contributed by atoms with Gasteiger partial charge in [-0.05, 0) is 147 Å². The van der Waals surface area contributed by atoms with Gasteiger partial charge in [-0.25, -0.2) is 4.39 Å². The number of unbranched alkanes of at least 4 members (excludes halogenated alkanes) is 13. The largest absolute Gasteiger partial charge is 0.492 e. The van der Waals surface area contributed by atoms with Crippen LogP contribution in [0.25, 0.3) is 22.5 Å². The van der Waals surface area contributed by atoms with E-state index >= 15 is 0 Å². The molecule has 1 atom stereocenters. The van der Waals surface area contributed by atoms with E-state index in [-0.39, 0.29) is 12.6 Å². The van der Waals surface area contributed by atoms with Gasteiger partial charge in [0, 0.05) is 23.7 Å². The van der Waals surface area contributed by atoms with Crippen LogP contribution in [-0.4, -0.2) is 35.3 Å². The molecule has 4 aromatic carbocycles. The maximum atomic E-state index is 14.2. The molecule has 0 radical (unpaired) electrons. The first-order valence-corrected chi connectivity index (χ1v) is 26.1. The van der Waals surface area contributed by atoms with E-state index in [1.807, 2.05) is 97.2 Å². The van der Waals surface area contributed by atoms with Gasteiger partial charge in [0.15, 0.2) is 0 Å². The van der Waals surface area contributed by atoms with Crippen LogP contribution in [-0.2, 0) is 11.2 Å². The number of rotatable bonds is 31. The number of esters is 1. The molecule has 0 saturated heterocycles. The molecule has 0 fully saturated rings. The molecule has 0 aliphatic carbocycles. The van der Waals surface area contributed by atoms with Gasteiger partial charge in [0.05, 0.1) is 24.2 Å². The molecule has 0 aliphatic heterocycles. The van der Waals surface area contributed by atoms with Crippen LogP contribution < -0.4 is 23.7 Å². The van der Waals surface area contributed by atoms with E-state index in [9.17, 15) is 9.18 Å². The molecule has 1 unspecified atom stereocenters. The average molecular weight is 953 g/mol. The molecule has 0 bridgehead atoms. The number of ether oxygens (including phenoxy) is 5. The summed E-state index contributed by atoms with van der Waals surface area (Å²) in [6.07, 6.45) is 23.7. The fourth-order valence-electron chi connectivity index (χ4n) is 7.65. The third-order valence-corrected chi connectivity index (χ3v) is 11.9. The number of aryl methyl sites for hydroxylation is 1. The highest BCUT2D eigenvalue weighted by atomic mass is 19.1. The minimum absolute atomic E-state index is 0.103. The van der Waals surface area contributed by atoms with Crippen molar-refractivity contribution in [2.75, 3.05) is 13.2 Å². The van der Waals surface area contributed by atoms with Crippen molar-refractivity contribution in [1.29, 1.82) is 0 Å². The van der Waals surface area contributed by atoms with Gasteiger partial charge in [0.25, 0.3) is 0 Å². The van der Waals surface area contributed by atoms with Gasteiger partial charge in [-0.15, -0.1) is 0 Å². The Bertz CT molecular complexity index is 2290. The van der Waals surface area contributed by atoms with Crippen LogP contribution >= 0.6 is 0 Å². The van der Waals surface area contributed by atoms with E-state index in [0.717, 1.165) is 91.3 Å². The zero-order valence-corrected chi connectivity index (χ0v) is 42.4. The van der Waals surface area contributed by atoms with Crippen molar-refractivity contribution < 1.29 is 32.9 Å². The van der Waals surface area contributed by atoms with Gasteiger partial charge in [0.1, 0.15) is 53.0 Å². The van der Waals surface area contributed by atoms with Gasteiger partial charge in [-0.1, -0.05) is 124 Å². The summed E-state index contributed by atoms with van der Waals surface area (Å²) in [6, 6.07) is 38.2. The molecule has 6 aromatic rings. The molecular formula is C61H77FN2O6. The van der Waals surface area contributed by atoms with Crippen molar-refractivity contribution in [1.82, 2.24) is 9.97 Å². The fraction of sp³-hybridized carbons (Fsp3) is 0.426. The lowest BCUT2D eigenvalue weighted by Crippen LogP contribution is -2.12. The van der Waals surface area contributed by atoms with E-state index < -0.39 is 6.17 Å². The highest BCUT2D eigenvalue weighted by Gasteiger charge is 2.10. The Balaban J connectivity index is 0.000000261. The van der Waals surface area contributed by atoms with Crippen molar-refractivity contribution in [2.45, 2.75) is 156 Å². The van der Waals surface area contributed by atoms with Crippen molar-refractivity contribution in [3.05, 3.63) is 139 Å². The Kier molecular flexibility index (Phi) is 25.5.